The highest BCUT2D eigenvalue weighted by Crippen LogP contribution is 2.24. The van der Waals surface area contributed by atoms with Crippen LogP contribution in [0.25, 0.3) is 0 Å². The molecule has 0 saturated heterocycles. The second kappa shape index (κ2) is 7.15. The summed E-state index contributed by atoms with van der Waals surface area (Å²) in [4.78, 5) is 11.8. The number of anilines is 2. The van der Waals surface area contributed by atoms with E-state index < -0.39 is 0 Å². The number of halogens is 3. The van der Waals surface area contributed by atoms with E-state index in [1.165, 1.54) is 0 Å². The molecule has 0 aliphatic rings. The number of nitrogens with one attached hydrogen (secondary N) is 2. The molecule has 0 fully saturated rings. The Kier molecular flexibility index (Phi) is 5.51. The molecular formula is C14H11Cl2IN2O. The van der Waals surface area contributed by atoms with Crippen molar-refractivity contribution in [3.63, 3.8) is 0 Å². The zero-order chi connectivity index (χ0) is 14.5. The number of carbonyl (C=O) groups is 1. The third-order valence-electron chi connectivity index (χ3n) is 2.50. The minimum Gasteiger partial charge on any atom is -0.376 e. The van der Waals surface area contributed by atoms with Crippen LogP contribution in [-0.4, -0.2) is 12.5 Å². The molecule has 0 aliphatic carbocycles. The first-order valence-electron chi connectivity index (χ1n) is 5.79. The minimum atomic E-state index is -0.128. The summed E-state index contributed by atoms with van der Waals surface area (Å²) >= 11 is 13.9. The van der Waals surface area contributed by atoms with Crippen molar-refractivity contribution in [2.45, 2.75) is 0 Å². The van der Waals surface area contributed by atoms with Crippen LogP contribution in [0.1, 0.15) is 0 Å². The number of hydrogen-bond donors (Lipinski definition) is 2. The molecule has 0 saturated carbocycles. The van der Waals surface area contributed by atoms with Crippen LogP contribution in [0.4, 0.5) is 11.4 Å². The maximum absolute atomic E-state index is 11.8. The van der Waals surface area contributed by atoms with Crippen molar-refractivity contribution in [3.8, 4) is 0 Å². The van der Waals surface area contributed by atoms with Gasteiger partial charge in [0.1, 0.15) is 0 Å². The predicted octanol–water partition coefficient (Wildman–Crippen LogP) is 4.65. The Labute approximate surface area is 140 Å². The first-order valence-corrected chi connectivity index (χ1v) is 7.62. The number of rotatable bonds is 4. The van der Waals surface area contributed by atoms with Gasteiger partial charge in [0.2, 0.25) is 5.91 Å². The van der Waals surface area contributed by atoms with E-state index in [1.807, 2.05) is 24.3 Å². The van der Waals surface area contributed by atoms with E-state index in [9.17, 15) is 4.79 Å². The van der Waals surface area contributed by atoms with Crippen LogP contribution in [0.5, 0.6) is 0 Å². The molecule has 0 atom stereocenters. The number of carbonyl (C=O) groups excluding carboxylic acids is 1. The van der Waals surface area contributed by atoms with Gasteiger partial charge in [-0.25, -0.2) is 0 Å². The van der Waals surface area contributed by atoms with Crippen LogP contribution in [0.2, 0.25) is 10.0 Å². The second-order valence-corrected chi connectivity index (χ2v) is 6.10. The smallest absolute Gasteiger partial charge is 0.243 e. The van der Waals surface area contributed by atoms with Crippen molar-refractivity contribution in [1.29, 1.82) is 0 Å². The molecule has 2 N–H and O–H groups in total. The molecule has 0 heterocycles. The molecule has 104 valence electrons. The quantitative estimate of drug-likeness (QED) is 0.707. The van der Waals surface area contributed by atoms with Crippen LogP contribution in [0.15, 0.2) is 42.5 Å². The minimum absolute atomic E-state index is 0.128. The monoisotopic (exact) mass is 420 g/mol. The topological polar surface area (TPSA) is 41.1 Å². The molecular weight excluding hydrogens is 410 g/mol. The third kappa shape index (κ3) is 4.54. The Morgan fingerprint density at radius 2 is 1.65 bits per heavy atom. The van der Waals surface area contributed by atoms with Crippen LogP contribution < -0.4 is 10.6 Å². The lowest BCUT2D eigenvalue weighted by Gasteiger charge is -2.08. The van der Waals surface area contributed by atoms with Crippen LogP contribution in [0.3, 0.4) is 0 Å². The summed E-state index contributed by atoms with van der Waals surface area (Å²) in [6.45, 7) is 0.157. The maximum Gasteiger partial charge on any atom is 0.243 e. The predicted molar refractivity (Wildman–Crippen MR) is 92.7 cm³/mol. The Hall–Kier alpha value is -0.980. The zero-order valence-corrected chi connectivity index (χ0v) is 14.0. The molecule has 2 aromatic rings. The Morgan fingerprint density at radius 3 is 2.30 bits per heavy atom. The van der Waals surface area contributed by atoms with E-state index in [4.69, 9.17) is 23.2 Å². The lowest BCUT2D eigenvalue weighted by atomic mass is 10.3. The molecule has 2 rings (SSSR count). The van der Waals surface area contributed by atoms with E-state index in [0.29, 0.717) is 10.0 Å². The van der Waals surface area contributed by atoms with Gasteiger partial charge in [-0.1, -0.05) is 23.2 Å². The summed E-state index contributed by atoms with van der Waals surface area (Å²) < 4.78 is 1.12. The third-order valence-corrected chi connectivity index (χ3v) is 3.96. The van der Waals surface area contributed by atoms with E-state index in [-0.39, 0.29) is 12.5 Å². The summed E-state index contributed by atoms with van der Waals surface area (Å²) in [6, 6.07) is 12.7. The van der Waals surface area contributed by atoms with E-state index in [0.717, 1.165) is 14.9 Å². The fourth-order valence-electron chi connectivity index (χ4n) is 1.53. The first-order chi connectivity index (χ1) is 9.54. The van der Waals surface area contributed by atoms with Crippen LogP contribution in [0, 0.1) is 3.57 Å². The maximum atomic E-state index is 11.8. The Balaban J connectivity index is 1.88. The lowest BCUT2D eigenvalue weighted by molar-refractivity contribution is -0.114. The number of benzene rings is 2. The van der Waals surface area contributed by atoms with E-state index in [2.05, 4.69) is 33.2 Å². The van der Waals surface area contributed by atoms with Crippen molar-refractivity contribution >= 4 is 63.1 Å². The highest BCUT2D eigenvalue weighted by Gasteiger charge is 2.04. The van der Waals surface area contributed by atoms with Gasteiger partial charge in [-0.05, 0) is 65.1 Å². The van der Waals surface area contributed by atoms with Gasteiger partial charge in [-0.15, -0.1) is 0 Å². The van der Waals surface area contributed by atoms with Gasteiger partial charge >= 0.3 is 0 Å². The summed E-state index contributed by atoms with van der Waals surface area (Å²) in [7, 11) is 0. The fraction of sp³-hybridized carbons (Fsp3) is 0.0714. The first kappa shape index (κ1) is 15.4. The molecule has 3 nitrogen and oxygen atoms in total. The van der Waals surface area contributed by atoms with Gasteiger partial charge in [0.05, 0.1) is 16.6 Å². The number of amides is 1. The van der Waals surface area contributed by atoms with Gasteiger partial charge in [-0.3, -0.25) is 4.79 Å². The zero-order valence-electron chi connectivity index (χ0n) is 10.3. The second-order valence-electron chi connectivity index (χ2n) is 4.04. The average molecular weight is 421 g/mol. The van der Waals surface area contributed by atoms with Crippen molar-refractivity contribution in [2.75, 3.05) is 17.2 Å². The molecule has 0 radical (unpaired) electrons. The molecule has 0 aliphatic heterocycles. The molecule has 20 heavy (non-hydrogen) atoms. The molecule has 1 amide bonds. The van der Waals surface area contributed by atoms with Gasteiger partial charge in [0.25, 0.3) is 0 Å². The van der Waals surface area contributed by atoms with Crippen molar-refractivity contribution in [2.24, 2.45) is 0 Å². The van der Waals surface area contributed by atoms with Crippen LogP contribution >= 0.6 is 45.8 Å². The van der Waals surface area contributed by atoms with Gasteiger partial charge in [0.15, 0.2) is 0 Å². The Morgan fingerprint density at radius 1 is 1.00 bits per heavy atom. The summed E-state index contributed by atoms with van der Waals surface area (Å²) in [5.41, 5.74) is 1.52. The fourth-order valence-corrected chi connectivity index (χ4v) is 2.18. The van der Waals surface area contributed by atoms with Gasteiger partial charge in [0, 0.05) is 14.9 Å². The van der Waals surface area contributed by atoms with Gasteiger partial charge in [-0.2, -0.15) is 0 Å². The van der Waals surface area contributed by atoms with Crippen LogP contribution in [-0.2, 0) is 4.79 Å². The molecule has 0 bridgehead atoms. The van der Waals surface area contributed by atoms with Crippen molar-refractivity contribution < 1.29 is 4.79 Å². The standard InChI is InChI=1S/C14H11Cl2IN2O/c15-12-6-5-11(7-13(12)16)18-8-14(20)19-10-3-1-9(17)2-4-10/h1-7,18H,8H2,(H,19,20). The number of hydrogen-bond acceptors (Lipinski definition) is 2. The molecule has 0 unspecified atom stereocenters. The summed E-state index contributed by atoms with van der Waals surface area (Å²) in [5.74, 6) is -0.128. The summed E-state index contributed by atoms with van der Waals surface area (Å²) in [5, 5.41) is 6.73. The van der Waals surface area contributed by atoms with Crippen molar-refractivity contribution in [3.05, 3.63) is 56.1 Å². The van der Waals surface area contributed by atoms with Crippen molar-refractivity contribution in [1.82, 2.24) is 0 Å². The SMILES string of the molecule is O=C(CNc1ccc(Cl)c(Cl)c1)Nc1ccc(I)cc1. The molecule has 0 aromatic heterocycles. The molecule has 2 aromatic carbocycles. The average Bonchev–Trinajstić information content (AvgIpc) is 2.43. The highest BCUT2D eigenvalue weighted by atomic mass is 127. The Bertz CT molecular complexity index is 617. The molecule has 6 heteroatoms. The van der Waals surface area contributed by atoms with E-state index >= 15 is 0 Å². The lowest BCUT2D eigenvalue weighted by Crippen LogP contribution is -2.21. The summed E-state index contributed by atoms with van der Waals surface area (Å²) in [6.07, 6.45) is 0. The normalized spacial score (nSPS) is 10.2. The molecule has 0 spiro atoms. The van der Waals surface area contributed by atoms with Gasteiger partial charge < -0.3 is 10.6 Å². The highest BCUT2D eigenvalue weighted by molar-refractivity contribution is 14.1. The van der Waals surface area contributed by atoms with E-state index in [1.54, 1.807) is 18.2 Å². The largest absolute Gasteiger partial charge is 0.376 e.